The van der Waals surface area contributed by atoms with E-state index in [-0.39, 0.29) is 21.1 Å². The van der Waals surface area contributed by atoms with Crippen LogP contribution in [0.4, 0.5) is 0 Å². The van der Waals surface area contributed by atoms with Crippen LogP contribution < -0.4 is 0 Å². The number of rotatable bonds is 0. The van der Waals surface area contributed by atoms with E-state index in [2.05, 4.69) is 20.0 Å². The van der Waals surface area contributed by atoms with E-state index in [1.165, 1.54) is 0 Å². The van der Waals surface area contributed by atoms with Crippen LogP contribution in [-0.2, 0) is 35.0 Å². The summed E-state index contributed by atoms with van der Waals surface area (Å²) in [5.41, 5.74) is 0. The van der Waals surface area contributed by atoms with Crippen LogP contribution in [-0.4, -0.2) is 0 Å². The van der Waals surface area contributed by atoms with Crippen molar-refractivity contribution in [3.05, 3.63) is 62.8 Å². The second-order valence-electron chi connectivity index (χ2n) is 1.35. The van der Waals surface area contributed by atoms with Crippen molar-refractivity contribution >= 4 is 0 Å². The van der Waals surface area contributed by atoms with Crippen molar-refractivity contribution in [3.63, 3.8) is 0 Å². The van der Waals surface area contributed by atoms with E-state index < -0.39 is 0 Å². The second-order valence-corrected chi connectivity index (χ2v) is 1.35. The van der Waals surface area contributed by atoms with Crippen molar-refractivity contribution in [1.29, 1.82) is 0 Å². The summed E-state index contributed by atoms with van der Waals surface area (Å²) < 4.78 is 22.5. The molecule has 0 spiro atoms. The molecule has 0 fully saturated rings. The van der Waals surface area contributed by atoms with Gasteiger partial charge in [0.1, 0.15) is 0 Å². The average molecular weight is 271 g/mol. The van der Waals surface area contributed by atoms with Gasteiger partial charge in [0, 0.05) is 21.1 Å². The first-order valence-corrected chi connectivity index (χ1v) is 2.95. The predicted octanol–water partition coefficient (Wildman–Crippen LogP) is 1.76. The maximum atomic E-state index is 7.50. The van der Waals surface area contributed by atoms with Gasteiger partial charge in [-0.05, 0) is 0 Å². The van der Waals surface area contributed by atoms with E-state index in [0.717, 1.165) is 0 Å². The molecule has 0 N–H and O–H groups in total. The van der Waals surface area contributed by atoms with Crippen LogP contribution in [0.3, 0.4) is 0 Å². The molecule has 0 aromatic carbocycles. The van der Waals surface area contributed by atoms with E-state index in [0.29, 0.717) is 0 Å². The van der Waals surface area contributed by atoms with Crippen LogP contribution >= 0.6 is 0 Å². The zero-order valence-corrected chi connectivity index (χ0v) is 9.18. The molecule has 0 aliphatic heterocycles. The zero-order chi connectivity index (χ0) is 10.9. The molecule has 3 nitrogen and oxygen atoms in total. The molecule has 0 radical (unpaired) electrons. The molecule has 0 heterocycles. The van der Waals surface area contributed by atoms with Gasteiger partial charge in [0.15, 0.2) is 0 Å². The predicted molar refractivity (Wildman–Crippen MR) is 43.5 cm³/mol. The maximum absolute atomic E-state index is 7.50. The molecule has 1 aliphatic rings. The van der Waals surface area contributed by atoms with Crippen LogP contribution in [0.15, 0.2) is 36.5 Å². The molecule has 0 aromatic heterocycles. The minimum atomic E-state index is 0. The van der Waals surface area contributed by atoms with Crippen LogP contribution in [0.5, 0.6) is 0 Å². The van der Waals surface area contributed by atoms with Crippen molar-refractivity contribution in [1.82, 2.24) is 0 Å². The normalized spacial score (nSPS) is 8.43. The van der Waals surface area contributed by atoms with Gasteiger partial charge in [0.25, 0.3) is 0 Å². The number of hydrogen-bond donors (Lipinski definition) is 0. The fourth-order valence-electron chi connectivity index (χ4n) is 0.449. The molecule has 0 saturated carbocycles. The van der Waals surface area contributed by atoms with E-state index >= 15 is 0 Å². The third-order valence-electron chi connectivity index (χ3n) is 0.778. The molecule has 0 bridgehead atoms. The summed E-state index contributed by atoms with van der Waals surface area (Å²) in [4.78, 5) is 0. The summed E-state index contributed by atoms with van der Waals surface area (Å²) >= 11 is 0. The standard InChI is InChI=1S/C7H7.3CO.Mo/c1-2-4-6-7-5-3-1;3*1-2;/h1-7H;;;;/q-1;;;;. The van der Waals surface area contributed by atoms with Gasteiger partial charge in [-0.25, -0.2) is 0 Å². The van der Waals surface area contributed by atoms with Crippen molar-refractivity contribution in [2.24, 2.45) is 0 Å². The zero-order valence-electron chi connectivity index (χ0n) is 7.17. The fraction of sp³-hybridized carbons (Fsp3) is 0. The van der Waals surface area contributed by atoms with Crippen LogP contribution in [0.25, 0.3) is 0 Å². The third-order valence-corrected chi connectivity index (χ3v) is 0.778. The Morgan fingerprint density at radius 1 is 0.643 bits per heavy atom. The van der Waals surface area contributed by atoms with Gasteiger partial charge in [-0.3, -0.25) is 0 Å². The summed E-state index contributed by atoms with van der Waals surface area (Å²) in [5.74, 6) is 0. The van der Waals surface area contributed by atoms with Gasteiger partial charge >= 0.3 is 33.9 Å². The Balaban J connectivity index is -0.0000000625. The van der Waals surface area contributed by atoms with Crippen molar-refractivity contribution < 1.29 is 35.0 Å². The van der Waals surface area contributed by atoms with Gasteiger partial charge in [0.2, 0.25) is 0 Å². The monoisotopic (exact) mass is 273 g/mol. The first-order chi connectivity index (χ1) is 6.50. The molecule has 72 valence electrons. The Morgan fingerprint density at radius 3 is 1.21 bits per heavy atom. The topological polar surface area (TPSA) is 59.7 Å². The molecule has 4 heteroatoms. The molecule has 1 rings (SSSR count). The summed E-state index contributed by atoms with van der Waals surface area (Å²) in [6, 6.07) is 0. The number of allylic oxidation sites excluding steroid dienone is 6. The molecule has 1 aliphatic carbocycles. The van der Waals surface area contributed by atoms with E-state index in [1.54, 1.807) is 0 Å². The Kier molecular flexibility index (Phi) is 66.6. The molecule has 14 heavy (non-hydrogen) atoms. The molecular weight excluding hydrogens is 264 g/mol. The number of hydrogen-bond acceptors (Lipinski definition) is 0. The maximum Gasteiger partial charge on any atom is 0 e. The minimum absolute atomic E-state index is 0. The Labute approximate surface area is 98.0 Å². The average Bonchev–Trinajstić information content (AvgIpc) is 2.58. The van der Waals surface area contributed by atoms with Crippen molar-refractivity contribution in [2.45, 2.75) is 0 Å². The molecular formula is C10H7MoO3-. The van der Waals surface area contributed by atoms with Gasteiger partial charge in [-0.1, -0.05) is 0 Å². The molecule has 0 unspecified atom stereocenters. The summed E-state index contributed by atoms with van der Waals surface area (Å²) in [6.07, 6.45) is 14.0. The summed E-state index contributed by atoms with van der Waals surface area (Å²) in [7, 11) is 0. The molecule has 0 atom stereocenters. The van der Waals surface area contributed by atoms with Crippen molar-refractivity contribution in [3.8, 4) is 0 Å². The van der Waals surface area contributed by atoms with Crippen LogP contribution in [0.2, 0.25) is 0 Å². The third kappa shape index (κ3) is 30.6. The fourth-order valence-corrected chi connectivity index (χ4v) is 0.449. The van der Waals surface area contributed by atoms with Crippen molar-refractivity contribution in [2.75, 3.05) is 0 Å². The Hall–Kier alpha value is -1.00. The van der Waals surface area contributed by atoms with Gasteiger partial charge in [-0.2, -0.15) is 30.7 Å². The van der Waals surface area contributed by atoms with Gasteiger partial charge < -0.3 is 0 Å². The largest absolute Gasteiger partial charge is 0 e. The Morgan fingerprint density at radius 2 is 0.929 bits per heavy atom. The van der Waals surface area contributed by atoms with E-state index in [1.807, 2.05) is 42.9 Å². The summed E-state index contributed by atoms with van der Waals surface area (Å²) in [6.45, 7) is 13.5. The van der Waals surface area contributed by atoms with E-state index in [4.69, 9.17) is 14.0 Å². The quantitative estimate of drug-likeness (QED) is 0.366. The minimum Gasteiger partial charge on any atom is 0 e. The molecule has 0 aromatic rings. The van der Waals surface area contributed by atoms with Crippen LogP contribution in [0, 0.1) is 26.4 Å². The Bertz CT molecular complexity index is 193. The first-order valence-electron chi connectivity index (χ1n) is 2.95. The molecule has 0 saturated heterocycles. The molecule has 0 amide bonds. The second kappa shape index (κ2) is 40.3. The van der Waals surface area contributed by atoms with Gasteiger partial charge in [-0.15, -0.1) is 12.2 Å². The SMILES string of the molecule is C1=CC=C[CH-]C=C1.[C-]#[O+].[C-]#[O+].[C-]#[O+].[Mo]. The summed E-state index contributed by atoms with van der Waals surface area (Å²) in [5, 5.41) is 0. The smallest absolute Gasteiger partial charge is 0 e. The van der Waals surface area contributed by atoms with Crippen LogP contribution in [0.1, 0.15) is 0 Å². The van der Waals surface area contributed by atoms with E-state index in [9.17, 15) is 0 Å². The first kappa shape index (κ1) is 23.1. The van der Waals surface area contributed by atoms with Gasteiger partial charge in [0.05, 0.1) is 0 Å².